The number of nitrogens with one attached hydrogen (secondary N) is 1. The van der Waals surface area contributed by atoms with Crippen molar-refractivity contribution in [2.45, 2.75) is 46.3 Å². The van der Waals surface area contributed by atoms with Crippen molar-refractivity contribution in [1.82, 2.24) is 20.0 Å². The highest BCUT2D eigenvalue weighted by molar-refractivity contribution is 9.10. The van der Waals surface area contributed by atoms with E-state index >= 15 is 0 Å². The molecule has 0 spiro atoms. The van der Waals surface area contributed by atoms with Crippen LogP contribution in [0.4, 0.5) is 0 Å². The molecule has 0 saturated carbocycles. The van der Waals surface area contributed by atoms with Crippen molar-refractivity contribution in [3.05, 3.63) is 15.9 Å². The number of hydrogen-bond acceptors (Lipinski definition) is 3. The van der Waals surface area contributed by atoms with E-state index in [9.17, 15) is 0 Å². The molecular formula is C14H25BrN4. The van der Waals surface area contributed by atoms with E-state index in [1.165, 1.54) is 5.69 Å². The molecule has 1 aromatic rings. The zero-order valence-corrected chi connectivity index (χ0v) is 14.2. The molecule has 1 aliphatic heterocycles. The van der Waals surface area contributed by atoms with Crippen LogP contribution in [-0.4, -0.2) is 39.9 Å². The zero-order chi connectivity index (χ0) is 14.2. The number of aryl methyl sites for hydroxylation is 2. The molecule has 2 heterocycles. The fourth-order valence-electron chi connectivity index (χ4n) is 2.66. The van der Waals surface area contributed by atoms with Crippen LogP contribution in [0, 0.1) is 12.8 Å². The van der Waals surface area contributed by atoms with Gasteiger partial charge in [-0.1, -0.05) is 13.8 Å². The summed E-state index contributed by atoms with van der Waals surface area (Å²) in [5.74, 6) is 0.673. The highest BCUT2D eigenvalue weighted by atomic mass is 79.9. The summed E-state index contributed by atoms with van der Waals surface area (Å²) in [6.07, 6.45) is 0. The van der Waals surface area contributed by atoms with Gasteiger partial charge in [-0.05, 0) is 35.7 Å². The lowest BCUT2D eigenvalue weighted by Gasteiger charge is -2.40. The van der Waals surface area contributed by atoms with Crippen LogP contribution in [0.2, 0.25) is 0 Å². The Bertz CT molecular complexity index is 441. The maximum Gasteiger partial charge on any atom is 0.0739 e. The fraction of sp³-hybridized carbons (Fsp3) is 0.786. The van der Waals surface area contributed by atoms with E-state index < -0.39 is 0 Å². The van der Waals surface area contributed by atoms with Crippen LogP contribution in [0.15, 0.2) is 4.47 Å². The van der Waals surface area contributed by atoms with Crippen LogP contribution in [0.3, 0.4) is 0 Å². The van der Waals surface area contributed by atoms with Gasteiger partial charge in [0.15, 0.2) is 0 Å². The molecule has 0 bridgehead atoms. The molecule has 1 aliphatic rings. The summed E-state index contributed by atoms with van der Waals surface area (Å²) in [6.45, 7) is 12.1. The summed E-state index contributed by atoms with van der Waals surface area (Å²) < 4.78 is 3.15. The van der Waals surface area contributed by atoms with E-state index in [1.807, 2.05) is 18.7 Å². The Morgan fingerprint density at radius 3 is 2.68 bits per heavy atom. The Kier molecular flexibility index (Phi) is 4.69. The first kappa shape index (κ1) is 15.0. The number of piperazine rings is 1. The predicted octanol–water partition coefficient (Wildman–Crippen LogP) is 2.31. The molecule has 4 nitrogen and oxygen atoms in total. The van der Waals surface area contributed by atoms with Gasteiger partial charge in [0, 0.05) is 38.8 Å². The van der Waals surface area contributed by atoms with E-state index in [1.54, 1.807) is 0 Å². The average molecular weight is 329 g/mol. The summed E-state index contributed by atoms with van der Waals surface area (Å²) in [6, 6.07) is 1.15. The minimum absolute atomic E-state index is 0.567. The third-order valence-corrected chi connectivity index (χ3v) is 5.18. The second-order valence-corrected chi connectivity index (χ2v) is 6.80. The topological polar surface area (TPSA) is 33.1 Å². The quantitative estimate of drug-likeness (QED) is 0.924. The average Bonchev–Trinajstić information content (AvgIpc) is 2.58. The van der Waals surface area contributed by atoms with Gasteiger partial charge in [0.05, 0.1) is 15.9 Å². The van der Waals surface area contributed by atoms with Crippen LogP contribution in [0.1, 0.15) is 32.2 Å². The van der Waals surface area contributed by atoms with E-state index in [-0.39, 0.29) is 0 Å². The molecule has 1 saturated heterocycles. The van der Waals surface area contributed by atoms with Crippen molar-refractivity contribution in [2.75, 3.05) is 13.1 Å². The van der Waals surface area contributed by atoms with Gasteiger partial charge in [-0.3, -0.25) is 9.58 Å². The summed E-state index contributed by atoms with van der Waals surface area (Å²) in [7, 11) is 2.03. The zero-order valence-electron chi connectivity index (χ0n) is 12.6. The SMILES string of the molecule is Cc1nn(C)c(CN2CC(C(C)C)NCC2C)c1Br. The first-order valence-electron chi connectivity index (χ1n) is 7.05. The first-order chi connectivity index (χ1) is 8.90. The van der Waals surface area contributed by atoms with Crippen molar-refractivity contribution in [2.24, 2.45) is 13.0 Å². The largest absolute Gasteiger partial charge is 0.311 e. The molecule has 0 aromatic carbocycles. The Hall–Kier alpha value is -0.390. The maximum absolute atomic E-state index is 4.48. The monoisotopic (exact) mass is 328 g/mol. The molecule has 1 fully saturated rings. The van der Waals surface area contributed by atoms with Gasteiger partial charge in [0.2, 0.25) is 0 Å². The third kappa shape index (κ3) is 3.20. The van der Waals surface area contributed by atoms with Gasteiger partial charge in [-0.15, -0.1) is 0 Å². The lowest BCUT2D eigenvalue weighted by Crippen LogP contribution is -2.56. The number of hydrogen-bond donors (Lipinski definition) is 1. The Balaban J connectivity index is 2.12. The highest BCUT2D eigenvalue weighted by Gasteiger charge is 2.28. The molecule has 2 atom stereocenters. The fourth-order valence-corrected chi connectivity index (χ4v) is 3.12. The summed E-state index contributed by atoms with van der Waals surface area (Å²) >= 11 is 3.67. The number of rotatable bonds is 3. The smallest absolute Gasteiger partial charge is 0.0739 e. The van der Waals surface area contributed by atoms with Gasteiger partial charge in [-0.25, -0.2) is 0 Å². The van der Waals surface area contributed by atoms with Gasteiger partial charge < -0.3 is 5.32 Å². The molecule has 108 valence electrons. The van der Waals surface area contributed by atoms with Crippen LogP contribution in [-0.2, 0) is 13.6 Å². The molecule has 2 unspecified atom stereocenters. The summed E-state index contributed by atoms with van der Waals surface area (Å²) in [5.41, 5.74) is 2.34. The van der Waals surface area contributed by atoms with Crippen molar-refractivity contribution >= 4 is 15.9 Å². The van der Waals surface area contributed by atoms with Crippen LogP contribution >= 0.6 is 15.9 Å². The van der Waals surface area contributed by atoms with E-state index in [2.05, 4.69) is 52.0 Å². The third-order valence-electron chi connectivity index (χ3n) is 4.15. The van der Waals surface area contributed by atoms with Gasteiger partial charge >= 0.3 is 0 Å². The number of halogens is 1. The van der Waals surface area contributed by atoms with Crippen molar-refractivity contribution in [3.63, 3.8) is 0 Å². The molecule has 19 heavy (non-hydrogen) atoms. The molecule has 0 radical (unpaired) electrons. The van der Waals surface area contributed by atoms with E-state index in [4.69, 9.17) is 0 Å². The Labute approximate surface area is 124 Å². The molecule has 5 heteroatoms. The highest BCUT2D eigenvalue weighted by Crippen LogP contribution is 2.23. The Morgan fingerprint density at radius 1 is 1.47 bits per heavy atom. The van der Waals surface area contributed by atoms with Crippen molar-refractivity contribution in [3.8, 4) is 0 Å². The molecule has 2 rings (SSSR count). The van der Waals surface area contributed by atoms with Gasteiger partial charge in [0.25, 0.3) is 0 Å². The second-order valence-electron chi connectivity index (χ2n) is 6.01. The van der Waals surface area contributed by atoms with Crippen LogP contribution in [0.25, 0.3) is 0 Å². The Morgan fingerprint density at radius 2 is 2.16 bits per heavy atom. The van der Waals surface area contributed by atoms with Gasteiger partial charge in [-0.2, -0.15) is 5.10 Å². The van der Waals surface area contributed by atoms with Crippen molar-refractivity contribution in [1.29, 1.82) is 0 Å². The van der Waals surface area contributed by atoms with Gasteiger partial charge in [0.1, 0.15) is 0 Å². The second kappa shape index (κ2) is 5.94. The lowest BCUT2D eigenvalue weighted by molar-refractivity contribution is 0.113. The van der Waals surface area contributed by atoms with E-state index in [0.29, 0.717) is 18.0 Å². The first-order valence-corrected chi connectivity index (χ1v) is 7.84. The lowest BCUT2D eigenvalue weighted by atomic mass is 9.99. The molecule has 1 N–H and O–H groups in total. The van der Waals surface area contributed by atoms with Crippen molar-refractivity contribution < 1.29 is 0 Å². The summed E-state index contributed by atoms with van der Waals surface area (Å²) in [4.78, 5) is 2.56. The van der Waals surface area contributed by atoms with E-state index in [0.717, 1.165) is 29.8 Å². The predicted molar refractivity (Wildman–Crippen MR) is 82.1 cm³/mol. The minimum atomic E-state index is 0.567. The molecular weight excluding hydrogens is 304 g/mol. The number of nitrogens with zero attached hydrogens (tertiary/aromatic N) is 3. The van der Waals surface area contributed by atoms with Crippen LogP contribution < -0.4 is 5.32 Å². The maximum atomic E-state index is 4.48. The minimum Gasteiger partial charge on any atom is -0.311 e. The molecule has 0 amide bonds. The molecule has 1 aromatic heterocycles. The summed E-state index contributed by atoms with van der Waals surface area (Å²) in [5, 5.41) is 8.13. The normalized spacial score (nSPS) is 25.2. The number of aromatic nitrogens is 2. The standard InChI is InChI=1S/C14H25BrN4/c1-9(2)12-7-19(10(3)6-16-12)8-13-14(15)11(4)17-18(13)5/h9-10,12,16H,6-8H2,1-5H3. The molecule has 0 aliphatic carbocycles. The van der Waals surface area contributed by atoms with Crippen LogP contribution in [0.5, 0.6) is 0 Å².